The molecule has 82 valence electrons. The van der Waals surface area contributed by atoms with Gasteiger partial charge in [0.05, 0.1) is 12.0 Å². The summed E-state index contributed by atoms with van der Waals surface area (Å²) >= 11 is 0. The Morgan fingerprint density at radius 3 is 2.81 bits per heavy atom. The summed E-state index contributed by atoms with van der Waals surface area (Å²) < 4.78 is 13.2. The zero-order valence-corrected chi connectivity index (χ0v) is 8.90. The fourth-order valence-corrected chi connectivity index (χ4v) is 1.92. The van der Waals surface area contributed by atoms with E-state index in [4.69, 9.17) is 5.26 Å². The number of benzene rings is 1. The number of anilines is 1. The molecule has 1 heterocycles. The van der Waals surface area contributed by atoms with Crippen LogP contribution in [0, 0.1) is 30.0 Å². The van der Waals surface area contributed by atoms with Crippen LogP contribution in [0.1, 0.15) is 12.0 Å². The van der Waals surface area contributed by atoms with Gasteiger partial charge in [-0.2, -0.15) is 5.26 Å². The van der Waals surface area contributed by atoms with Crippen molar-refractivity contribution in [2.45, 2.75) is 13.3 Å². The van der Waals surface area contributed by atoms with Crippen LogP contribution in [0.2, 0.25) is 0 Å². The monoisotopic (exact) mass is 218 g/mol. The molecule has 1 saturated heterocycles. The molecule has 16 heavy (non-hydrogen) atoms. The quantitative estimate of drug-likeness (QED) is 0.723. The van der Waals surface area contributed by atoms with Crippen molar-refractivity contribution >= 4 is 11.6 Å². The van der Waals surface area contributed by atoms with E-state index in [0.29, 0.717) is 12.2 Å². The number of carbonyl (C=O) groups excluding carboxylic acids is 1. The van der Waals surface area contributed by atoms with E-state index in [-0.39, 0.29) is 24.1 Å². The highest BCUT2D eigenvalue weighted by atomic mass is 19.1. The number of hydrogen-bond acceptors (Lipinski definition) is 2. The zero-order valence-electron chi connectivity index (χ0n) is 8.90. The molecule has 0 radical (unpaired) electrons. The van der Waals surface area contributed by atoms with Crippen LogP contribution in [-0.4, -0.2) is 12.5 Å². The number of nitriles is 1. The standard InChI is InChI=1S/C12H11FN2O/c1-8-2-10(13)5-11(3-8)15-7-9(6-14)4-12(15)16/h2-3,5,9H,4,7H2,1H3. The molecule has 1 aromatic carbocycles. The van der Waals surface area contributed by atoms with E-state index in [1.807, 2.05) is 0 Å². The Balaban J connectivity index is 2.32. The number of amides is 1. The molecule has 4 heteroatoms. The highest BCUT2D eigenvalue weighted by Crippen LogP contribution is 2.26. The van der Waals surface area contributed by atoms with Gasteiger partial charge < -0.3 is 4.90 Å². The summed E-state index contributed by atoms with van der Waals surface area (Å²) in [6.45, 7) is 2.13. The van der Waals surface area contributed by atoms with Crippen molar-refractivity contribution < 1.29 is 9.18 Å². The molecular weight excluding hydrogens is 207 g/mol. The van der Waals surface area contributed by atoms with Crippen LogP contribution < -0.4 is 4.90 Å². The lowest BCUT2D eigenvalue weighted by molar-refractivity contribution is -0.117. The minimum atomic E-state index is -0.358. The normalized spacial score (nSPS) is 19.9. The van der Waals surface area contributed by atoms with E-state index in [0.717, 1.165) is 5.56 Å². The van der Waals surface area contributed by atoms with E-state index in [9.17, 15) is 9.18 Å². The van der Waals surface area contributed by atoms with Crippen LogP contribution >= 0.6 is 0 Å². The Labute approximate surface area is 93.1 Å². The molecule has 1 unspecified atom stereocenters. The van der Waals surface area contributed by atoms with Gasteiger partial charge in [-0.3, -0.25) is 4.79 Å². The van der Waals surface area contributed by atoms with Gasteiger partial charge >= 0.3 is 0 Å². The van der Waals surface area contributed by atoms with Gasteiger partial charge in [-0.15, -0.1) is 0 Å². The second kappa shape index (κ2) is 3.93. The minimum absolute atomic E-state index is 0.114. The van der Waals surface area contributed by atoms with Gasteiger partial charge in [0, 0.05) is 18.7 Å². The first-order chi connectivity index (χ1) is 7.60. The Morgan fingerprint density at radius 1 is 1.50 bits per heavy atom. The third-order valence-electron chi connectivity index (χ3n) is 2.65. The van der Waals surface area contributed by atoms with Crippen molar-refractivity contribution in [2.24, 2.45) is 5.92 Å². The van der Waals surface area contributed by atoms with Gasteiger partial charge in [0.25, 0.3) is 0 Å². The Morgan fingerprint density at radius 2 is 2.25 bits per heavy atom. The van der Waals surface area contributed by atoms with Crippen molar-refractivity contribution in [3.63, 3.8) is 0 Å². The van der Waals surface area contributed by atoms with Crippen molar-refractivity contribution in [1.29, 1.82) is 5.26 Å². The van der Waals surface area contributed by atoms with Crippen LogP contribution in [-0.2, 0) is 4.79 Å². The number of nitrogens with zero attached hydrogens (tertiary/aromatic N) is 2. The first-order valence-electron chi connectivity index (χ1n) is 5.07. The lowest BCUT2D eigenvalue weighted by atomic mass is 10.1. The van der Waals surface area contributed by atoms with E-state index in [1.165, 1.54) is 17.0 Å². The van der Waals surface area contributed by atoms with Crippen LogP contribution in [0.4, 0.5) is 10.1 Å². The molecule has 0 aliphatic carbocycles. The summed E-state index contributed by atoms with van der Waals surface area (Å²) in [6.07, 6.45) is 0.228. The maximum Gasteiger partial charge on any atom is 0.228 e. The lowest BCUT2D eigenvalue weighted by Crippen LogP contribution is -2.24. The molecule has 1 fully saturated rings. The average molecular weight is 218 g/mol. The second-order valence-electron chi connectivity index (χ2n) is 4.02. The predicted octanol–water partition coefficient (Wildman–Crippen LogP) is 2.01. The number of carbonyl (C=O) groups is 1. The van der Waals surface area contributed by atoms with E-state index in [1.54, 1.807) is 13.0 Å². The molecular formula is C12H11FN2O. The molecule has 0 aromatic heterocycles. The smallest absolute Gasteiger partial charge is 0.228 e. The fourth-order valence-electron chi connectivity index (χ4n) is 1.92. The minimum Gasteiger partial charge on any atom is -0.311 e. The highest BCUT2D eigenvalue weighted by Gasteiger charge is 2.30. The fraction of sp³-hybridized carbons (Fsp3) is 0.333. The molecule has 0 N–H and O–H groups in total. The summed E-state index contributed by atoms with van der Waals surface area (Å²) in [4.78, 5) is 13.1. The van der Waals surface area contributed by atoms with Crippen molar-refractivity contribution in [3.8, 4) is 6.07 Å². The largest absolute Gasteiger partial charge is 0.311 e. The number of rotatable bonds is 1. The first kappa shape index (κ1) is 10.6. The molecule has 1 aliphatic heterocycles. The molecule has 1 aromatic rings. The van der Waals surface area contributed by atoms with Gasteiger partial charge in [0.2, 0.25) is 5.91 Å². The molecule has 0 bridgehead atoms. The van der Waals surface area contributed by atoms with Gasteiger partial charge in [-0.05, 0) is 30.7 Å². The second-order valence-corrected chi connectivity index (χ2v) is 4.02. The molecule has 1 aliphatic rings. The topological polar surface area (TPSA) is 44.1 Å². The summed E-state index contributed by atoms with van der Waals surface area (Å²) in [5, 5.41) is 8.75. The average Bonchev–Trinajstić information content (AvgIpc) is 2.58. The first-order valence-corrected chi connectivity index (χ1v) is 5.07. The Bertz CT molecular complexity index is 458. The molecule has 2 rings (SSSR count). The summed E-state index contributed by atoms with van der Waals surface area (Å²) in [5.74, 6) is -0.754. The van der Waals surface area contributed by atoms with E-state index < -0.39 is 0 Å². The van der Waals surface area contributed by atoms with Gasteiger partial charge in [0.1, 0.15) is 5.82 Å². The SMILES string of the molecule is Cc1cc(F)cc(N2CC(C#N)CC2=O)c1. The molecule has 0 saturated carbocycles. The Kier molecular flexibility index (Phi) is 2.61. The number of halogens is 1. The van der Waals surface area contributed by atoms with Gasteiger partial charge in [0.15, 0.2) is 0 Å². The zero-order chi connectivity index (χ0) is 11.7. The summed E-state index contributed by atoms with van der Waals surface area (Å²) in [5.41, 5.74) is 1.31. The van der Waals surface area contributed by atoms with Crippen LogP contribution in [0.25, 0.3) is 0 Å². The number of hydrogen-bond donors (Lipinski definition) is 0. The van der Waals surface area contributed by atoms with Crippen LogP contribution in [0.3, 0.4) is 0 Å². The Hall–Kier alpha value is -1.89. The third kappa shape index (κ3) is 1.89. The lowest BCUT2D eigenvalue weighted by Gasteiger charge is -2.16. The highest BCUT2D eigenvalue weighted by molar-refractivity contribution is 5.96. The third-order valence-corrected chi connectivity index (χ3v) is 2.65. The van der Waals surface area contributed by atoms with Gasteiger partial charge in [-0.25, -0.2) is 4.39 Å². The van der Waals surface area contributed by atoms with Crippen molar-refractivity contribution in [2.75, 3.05) is 11.4 Å². The summed E-state index contributed by atoms with van der Waals surface area (Å²) in [7, 11) is 0. The van der Waals surface area contributed by atoms with Crippen molar-refractivity contribution in [3.05, 3.63) is 29.6 Å². The van der Waals surface area contributed by atoms with Crippen molar-refractivity contribution in [1.82, 2.24) is 0 Å². The van der Waals surface area contributed by atoms with E-state index in [2.05, 4.69) is 6.07 Å². The molecule has 0 spiro atoms. The van der Waals surface area contributed by atoms with Crippen LogP contribution in [0.5, 0.6) is 0 Å². The summed E-state index contributed by atoms with van der Waals surface area (Å²) in [6, 6.07) is 6.55. The maximum atomic E-state index is 13.2. The molecule has 1 amide bonds. The van der Waals surface area contributed by atoms with Crippen LogP contribution in [0.15, 0.2) is 18.2 Å². The maximum absolute atomic E-state index is 13.2. The number of aryl methyl sites for hydroxylation is 1. The predicted molar refractivity (Wildman–Crippen MR) is 57.2 cm³/mol. The molecule has 1 atom stereocenters. The van der Waals surface area contributed by atoms with Gasteiger partial charge in [-0.1, -0.05) is 0 Å². The molecule has 3 nitrogen and oxygen atoms in total. The van der Waals surface area contributed by atoms with E-state index >= 15 is 0 Å².